The number of allylic oxidation sites excluding steroid dienone is 10. The number of anilines is 1. The molecule has 2 aromatic rings. The van der Waals surface area contributed by atoms with Gasteiger partial charge in [0.2, 0.25) is 0 Å². The highest BCUT2D eigenvalue weighted by atomic mass is 14.5. The van der Waals surface area contributed by atoms with Crippen molar-refractivity contribution in [1.82, 2.24) is 0 Å². The van der Waals surface area contributed by atoms with Crippen molar-refractivity contribution < 1.29 is 0 Å². The molecule has 33 heavy (non-hydrogen) atoms. The Hall–Kier alpha value is -3.58. The van der Waals surface area contributed by atoms with Crippen LogP contribution in [0.2, 0.25) is 0 Å². The first-order chi connectivity index (χ1) is 16.0. The lowest BCUT2D eigenvalue weighted by Crippen LogP contribution is -1.96. The van der Waals surface area contributed by atoms with Crippen LogP contribution in [0.4, 0.5) is 5.69 Å². The van der Waals surface area contributed by atoms with Crippen LogP contribution < -0.4 is 5.73 Å². The summed E-state index contributed by atoms with van der Waals surface area (Å²) in [4.78, 5) is 0. The maximum absolute atomic E-state index is 5.82. The average molecular weight is 434 g/mol. The minimum atomic E-state index is 0.543. The number of hydrogen-bond donors (Lipinski definition) is 1. The Bertz CT molecular complexity index is 1090. The highest BCUT2D eigenvalue weighted by molar-refractivity contribution is 5.77. The lowest BCUT2D eigenvalue weighted by atomic mass is 9.93. The maximum Gasteiger partial charge on any atom is 0.0314 e. The number of hydrogen-bond acceptors (Lipinski definition) is 1. The van der Waals surface area contributed by atoms with Crippen LogP contribution in [0.25, 0.3) is 5.57 Å². The van der Waals surface area contributed by atoms with Gasteiger partial charge in [-0.15, -0.1) is 0 Å². The third-order valence-corrected chi connectivity index (χ3v) is 6.27. The maximum atomic E-state index is 5.82. The van der Waals surface area contributed by atoms with Crippen LogP contribution in [0.5, 0.6) is 0 Å². The summed E-state index contributed by atoms with van der Waals surface area (Å²) in [5.74, 6) is 0.543. The Morgan fingerprint density at radius 3 is 2.39 bits per heavy atom. The molecule has 0 aromatic heterocycles. The van der Waals surface area contributed by atoms with Crippen LogP contribution in [0, 0.1) is 5.92 Å². The van der Waals surface area contributed by atoms with E-state index in [9.17, 15) is 0 Å². The van der Waals surface area contributed by atoms with Gasteiger partial charge in [-0.05, 0) is 89.1 Å². The van der Waals surface area contributed by atoms with Crippen LogP contribution in [0.15, 0.2) is 134 Å². The summed E-state index contributed by atoms with van der Waals surface area (Å²) in [6, 6.07) is 18.4. The standard InChI is InChI=1S/C32H35N/c1-5-29(25(3)24(2)23-28-11-7-6-8-12-28)15-9-13-27-14-10-16-30(18-17-27)26(4)31-19-21-32(33)22-20-31/h5-9,11-13,15-16,19-22,27H,1-4,10,14,17-18,23,33H2. The topological polar surface area (TPSA) is 26.0 Å². The zero-order valence-corrected chi connectivity index (χ0v) is 19.6. The van der Waals surface area contributed by atoms with Crippen molar-refractivity contribution in [1.29, 1.82) is 0 Å². The molecule has 0 amide bonds. The van der Waals surface area contributed by atoms with Crippen LogP contribution in [-0.4, -0.2) is 0 Å². The molecule has 3 rings (SSSR count). The minimum Gasteiger partial charge on any atom is -0.399 e. The van der Waals surface area contributed by atoms with E-state index in [-0.39, 0.29) is 0 Å². The normalized spacial score (nSPS) is 16.7. The zero-order valence-electron chi connectivity index (χ0n) is 19.6. The zero-order chi connectivity index (χ0) is 23.6. The fraction of sp³-hybridized carbons (Fsp3) is 0.188. The van der Waals surface area contributed by atoms with Crippen LogP contribution >= 0.6 is 0 Å². The number of rotatable bonds is 9. The van der Waals surface area contributed by atoms with Gasteiger partial charge in [0.25, 0.3) is 0 Å². The monoisotopic (exact) mass is 433 g/mol. The predicted octanol–water partition coefficient (Wildman–Crippen LogP) is 8.42. The molecule has 0 heterocycles. The van der Waals surface area contributed by atoms with E-state index in [1.165, 1.54) is 11.1 Å². The summed E-state index contributed by atoms with van der Waals surface area (Å²) in [6.07, 6.45) is 16.0. The highest BCUT2D eigenvalue weighted by Gasteiger charge is 2.13. The summed E-state index contributed by atoms with van der Waals surface area (Å²) in [5, 5.41) is 0. The largest absolute Gasteiger partial charge is 0.399 e. The molecule has 0 radical (unpaired) electrons. The van der Waals surface area contributed by atoms with Crippen molar-refractivity contribution in [3.63, 3.8) is 0 Å². The third-order valence-electron chi connectivity index (χ3n) is 6.27. The molecule has 2 N–H and O–H groups in total. The van der Waals surface area contributed by atoms with Crippen molar-refractivity contribution in [3.05, 3.63) is 145 Å². The summed E-state index contributed by atoms with van der Waals surface area (Å²) in [6.45, 7) is 16.8. The predicted molar refractivity (Wildman–Crippen MR) is 146 cm³/mol. The van der Waals surface area contributed by atoms with E-state index in [4.69, 9.17) is 5.73 Å². The molecule has 1 unspecified atom stereocenters. The van der Waals surface area contributed by atoms with Crippen molar-refractivity contribution >= 4 is 11.3 Å². The van der Waals surface area contributed by atoms with Crippen LogP contribution in [0.3, 0.4) is 0 Å². The first-order valence-electron chi connectivity index (χ1n) is 11.6. The van der Waals surface area contributed by atoms with Crippen molar-refractivity contribution in [2.75, 3.05) is 5.73 Å². The summed E-state index contributed by atoms with van der Waals surface area (Å²) in [5.41, 5.74) is 14.4. The van der Waals surface area contributed by atoms with E-state index >= 15 is 0 Å². The van der Waals surface area contributed by atoms with Gasteiger partial charge < -0.3 is 5.73 Å². The minimum absolute atomic E-state index is 0.543. The molecular weight excluding hydrogens is 398 g/mol. The van der Waals surface area contributed by atoms with Gasteiger partial charge in [0.15, 0.2) is 0 Å². The first-order valence-corrected chi connectivity index (χ1v) is 11.6. The summed E-state index contributed by atoms with van der Waals surface area (Å²) in [7, 11) is 0. The first kappa shape index (κ1) is 24.1. The quantitative estimate of drug-likeness (QED) is 0.312. The Kier molecular flexibility index (Phi) is 8.66. The fourth-order valence-corrected chi connectivity index (χ4v) is 4.16. The van der Waals surface area contributed by atoms with E-state index < -0.39 is 0 Å². The van der Waals surface area contributed by atoms with Gasteiger partial charge in [-0.1, -0.05) is 99.2 Å². The van der Waals surface area contributed by atoms with E-state index in [0.717, 1.165) is 65.6 Å². The van der Waals surface area contributed by atoms with E-state index in [2.05, 4.69) is 87.0 Å². The van der Waals surface area contributed by atoms with Gasteiger partial charge in [0, 0.05) is 5.69 Å². The average Bonchev–Trinajstić information content (AvgIpc) is 3.08. The smallest absolute Gasteiger partial charge is 0.0314 e. The highest BCUT2D eigenvalue weighted by Crippen LogP contribution is 2.32. The Balaban J connectivity index is 1.57. The summed E-state index contributed by atoms with van der Waals surface area (Å²) < 4.78 is 0. The van der Waals surface area contributed by atoms with Crippen molar-refractivity contribution in [3.8, 4) is 0 Å². The molecule has 0 fully saturated rings. The molecule has 0 bridgehead atoms. The number of nitrogen functional groups attached to an aromatic ring is 1. The molecule has 1 atom stereocenters. The van der Waals surface area contributed by atoms with Crippen molar-refractivity contribution in [2.24, 2.45) is 5.92 Å². The van der Waals surface area contributed by atoms with Gasteiger partial charge in [0.1, 0.15) is 0 Å². The number of nitrogens with two attached hydrogens (primary N) is 1. The Labute approximate surface area is 199 Å². The molecule has 1 aliphatic carbocycles. The lowest BCUT2D eigenvalue weighted by molar-refractivity contribution is 0.567. The van der Waals surface area contributed by atoms with Crippen LogP contribution in [0.1, 0.15) is 36.8 Å². The molecule has 1 heteroatoms. The Morgan fingerprint density at radius 1 is 0.970 bits per heavy atom. The molecule has 168 valence electrons. The van der Waals surface area contributed by atoms with E-state index in [0.29, 0.717) is 5.92 Å². The van der Waals surface area contributed by atoms with Gasteiger partial charge in [-0.25, -0.2) is 0 Å². The summed E-state index contributed by atoms with van der Waals surface area (Å²) >= 11 is 0. The molecule has 0 aliphatic heterocycles. The molecule has 0 saturated heterocycles. The molecule has 1 aliphatic rings. The van der Waals surface area contributed by atoms with E-state index in [1.54, 1.807) is 0 Å². The second kappa shape index (κ2) is 11.9. The van der Waals surface area contributed by atoms with E-state index in [1.807, 2.05) is 24.3 Å². The molecule has 2 aromatic carbocycles. The van der Waals surface area contributed by atoms with Crippen molar-refractivity contribution in [2.45, 2.75) is 32.1 Å². The van der Waals surface area contributed by atoms with Gasteiger partial charge >= 0.3 is 0 Å². The number of benzene rings is 2. The second-order valence-corrected chi connectivity index (χ2v) is 8.66. The third kappa shape index (κ3) is 6.95. The molecule has 1 nitrogen and oxygen atoms in total. The molecule has 0 spiro atoms. The molecular formula is C32H35N. The van der Waals surface area contributed by atoms with Gasteiger partial charge in [-0.3, -0.25) is 0 Å². The Morgan fingerprint density at radius 2 is 1.70 bits per heavy atom. The lowest BCUT2D eigenvalue weighted by Gasteiger charge is -2.12. The fourth-order valence-electron chi connectivity index (χ4n) is 4.16. The van der Waals surface area contributed by atoms with Crippen LogP contribution in [-0.2, 0) is 6.42 Å². The molecule has 0 saturated carbocycles. The SMILES string of the molecule is C=CC(=CC=CC1CCC=C(C(=C)c2ccc(N)cc2)CC1)C(=C)C(=C)Cc1ccccc1. The second-order valence-electron chi connectivity index (χ2n) is 8.66. The van der Waals surface area contributed by atoms with Gasteiger partial charge in [0.05, 0.1) is 0 Å². The van der Waals surface area contributed by atoms with Gasteiger partial charge in [-0.2, -0.15) is 0 Å².